The lowest BCUT2D eigenvalue weighted by molar-refractivity contribution is -0.142. The van der Waals surface area contributed by atoms with Crippen LogP contribution in [0.1, 0.15) is 45.1 Å². The van der Waals surface area contributed by atoms with Gasteiger partial charge in [0.15, 0.2) is 0 Å². The number of carbonyl (C=O) groups is 4. The second-order valence-electron chi connectivity index (χ2n) is 8.78. The predicted molar refractivity (Wildman–Crippen MR) is 139 cm³/mol. The van der Waals surface area contributed by atoms with Crippen LogP contribution in [0.2, 0.25) is 0 Å². The summed E-state index contributed by atoms with van der Waals surface area (Å²) in [4.78, 5) is 50.1. The molecule has 11 nitrogen and oxygen atoms in total. The fraction of sp³-hybridized carbons (Fsp3) is 0.583. The monoisotopic (exact) mass is 525 g/mol. The molecule has 0 aliphatic carbocycles. The van der Waals surface area contributed by atoms with E-state index in [4.69, 9.17) is 11.5 Å². The Kier molecular flexibility index (Phi) is 13.9. The van der Waals surface area contributed by atoms with Crippen molar-refractivity contribution in [3.8, 4) is 5.75 Å². The topological polar surface area (TPSA) is 197 Å². The van der Waals surface area contributed by atoms with Crippen molar-refractivity contribution in [1.29, 1.82) is 0 Å². The SMILES string of the molecule is CCC(C)C(NC(=O)C(N)CCCCN)C(=O)NC(CS)C(=O)NC(Cc1ccc(O)cc1)C(=O)O. The maximum atomic E-state index is 13.0. The molecule has 5 unspecified atom stereocenters. The molecule has 12 heteroatoms. The number of unbranched alkanes of at least 4 members (excludes halogenated alkanes) is 1. The summed E-state index contributed by atoms with van der Waals surface area (Å²) in [6, 6.07) is 1.80. The van der Waals surface area contributed by atoms with Crippen molar-refractivity contribution in [3.63, 3.8) is 0 Å². The minimum absolute atomic E-state index is 0.0256. The van der Waals surface area contributed by atoms with E-state index in [-0.39, 0.29) is 23.8 Å². The van der Waals surface area contributed by atoms with Gasteiger partial charge < -0.3 is 37.6 Å². The van der Waals surface area contributed by atoms with Crippen LogP contribution in [0.25, 0.3) is 0 Å². The molecule has 0 bridgehead atoms. The zero-order valence-corrected chi connectivity index (χ0v) is 21.7. The number of nitrogens with two attached hydrogens (primary N) is 2. The third-order valence-electron chi connectivity index (χ3n) is 5.91. The molecule has 0 fully saturated rings. The van der Waals surface area contributed by atoms with Gasteiger partial charge in [0.25, 0.3) is 0 Å². The lowest BCUT2D eigenvalue weighted by atomic mass is 9.97. The molecule has 3 amide bonds. The van der Waals surface area contributed by atoms with Crippen molar-refractivity contribution in [3.05, 3.63) is 29.8 Å². The number of phenols is 1. The maximum Gasteiger partial charge on any atom is 0.326 e. The van der Waals surface area contributed by atoms with Crippen LogP contribution < -0.4 is 27.4 Å². The molecule has 0 aliphatic heterocycles. The third kappa shape index (κ3) is 10.4. The number of thiol groups is 1. The molecule has 202 valence electrons. The molecule has 0 radical (unpaired) electrons. The van der Waals surface area contributed by atoms with Gasteiger partial charge in [0, 0.05) is 12.2 Å². The molecule has 0 heterocycles. The first-order valence-corrected chi connectivity index (χ1v) is 12.7. The summed E-state index contributed by atoms with van der Waals surface area (Å²) in [5, 5.41) is 26.6. The van der Waals surface area contributed by atoms with Crippen LogP contribution in [-0.4, -0.2) is 70.4 Å². The number of hydrogen-bond acceptors (Lipinski definition) is 8. The van der Waals surface area contributed by atoms with Crippen LogP contribution >= 0.6 is 12.6 Å². The number of nitrogens with one attached hydrogen (secondary N) is 3. The number of carboxylic acids is 1. The molecule has 0 spiro atoms. The molecular formula is C24H39N5O6S. The van der Waals surface area contributed by atoms with Crippen molar-refractivity contribution in [1.82, 2.24) is 16.0 Å². The van der Waals surface area contributed by atoms with Gasteiger partial charge in [0.2, 0.25) is 17.7 Å². The van der Waals surface area contributed by atoms with Gasteiger partial charge in [-0.05, 0) is 43.0 Å². The quantitative estimate of drug-likeness (QED) is 0.108. The summed E-state index contributed by atoms with van der Waals surface area (Å²) in [6.45, 7) is 4.15. The lowest BCUT2D eigenvalue weighted by Gasteiger charge is -2.27. The Morgan fingerprint density at radius 2 is 1.58 bits per heavy atom. The van der Waals surface area contributed by atoms with Gasteiger partial charge in [-0.1, -0.05) is 38.8 Å². The number of rotatable bonds is 16. The molecule has 5 atom stereocenters. The molecule has 0 saturated carbocycles. The first kappa shape index (κ1) is 31.2. The number of carboxylic acid groups (broad SMARTS) is 1. The van der Waals surface area contributed by atoms with E-state index in [0.29, 0.717) is 31.4 Å². The third-order valence-corrected chi connectivity index (χ3v) is 6.27. The number of amides is 3. The van der Waals surface area contributed by atoms with E-state index in [0.717, 1.165) is 6.42 Å². The zero-order valence-electron chi connectivity index (χ0n) is 20.8. The fourth-order valence-electron chi connectivity index (χ4n) is 3.40. The standard InChI is InChI=1S/C24H39N5O6S/c1-3-14(2)20(29-21(31)17(26)6-4-5-11-25)23(33)28-19(13-36)22(32)27-18(24(34)35)12-15-7-9-16(30)10-8-15/h7-10,14,17-20,30,36H,3-6,11-13,25-26H2,1-2H3,(H,27,32)(H,28,33)(H,29,31)(H,34,35). The number of carbonyl (C=O) groups excluding carboxylic acids is 3. The molecule has 9 N–H and O–H groups in total. The molecule has 0 saturated heterocycles. The highest BCUT2D eigenvalue weighted by molar-refractivity contribution is 7.80. The molecular weight excluding hydrogens is 486 g/mol. The van der Waals surface area contributed by atoms with Gasteiger partial charge in [-0.25, -0.2) is 4.79 Å². The second kappa shape index (κ2) is 16.0. The Labute approximate surface area is 217 Å². The Bertz CT molecular complexity index is 869. The fourth-order valence-corrected chi connectivity index (χ4v) is 3.65. The molecule has 36 heavy (non-hydrogen) atoms. The zero-order chi connectivity index (χ0) is 27.3. The largest absolute Gasteiger partial charge is 0.508 e. The first-order chi connectivity index (χ1) is 17.0. The lowest BCUT2D eigenvalue weighted by Crippen LogP contribution is -2.59. The molecule has 1 aromatic rings. The van der Waals surface area contributed by atoms with Crippen molar-refractivity contribution >= 4 is 36.3 Å². The Morgan fingerprint density at radius 1 is 0.972 bits per heavy atom. The van der Waals surface area contributed by atoms with Gasteiger partial charge in [0.1, 0.15) is 23.9 Å². The van der Waals surface area contributed by atoms with Crippen LogP contribution in [0.4, 0.5) is 0 Å². The number of phenolic OH excluding ortho intramolecular Hbond substituents is 1. The van der Waals surface area contributed by atoms with Crippen LogP contribution in [-0.2, 0) is 25.6 Å². The number of aromatic hydroxyl groups is 1. The van der Waals surface area contributed by atoms with Crippen molar-refractivity contribution in [2.24, 2.45) is 17.4 Å². The highest BCUT2D eigenvalue weighted by Gasteiger charge is 2.32. The van der Waals surface area contributed by atoms with Gasteiger partial charge in [-0.3, -0.25) is 14.4 Å². The Hall–Kier alpha value is -2.83. The van der Waals surface area contributed by atoms with E-state index < -0.39 is 47.9 Å². The first-order valence-electron chi connectivity index (χ1n) is 12.0. The van der Waals surface area contributed by atoms with E-state index >= 15 is 0 Å². The predicted octanol–water partition coefficient (Wildman–Crippen LogP) is -0.0941. The summed E-state index contributed by atoms with van der Waals surface area (Å²) >= 11 is 4.14. The van der Waals surface area contributed by atoms with Crippen LogP contribution in [0.15, 0.2) is 24.3 Å². The van der Waals surface area contributed by atoms with Gasteiger partial charge in [0.05, 0.1) is 6.04 Å². The molecule has 1 aromatic carbocycles. The van der Waals surface area contributed by atoms with E-state index in [1.807, 2.05) is 6.92 Å². The summed E-state index contributed by atoms with van der Waals surface area (Å²) in [6.07, 6.45) is 2.40. The highest BCUT2D eigenvalue weighted by atomic mass is 32.1. The van der Waals surface area contributed by atoms with E-state index in [2.05, 4.69) is 28.6 Å². The van der Waals surface area contributed by atoms with E-state index in [9.17, 15) is 29.4 Å². The maximum absolute atomic E-state index is 13.0. The van der Waals surface area contributed by atoms with E-state index in [1.54, 1.807) is 19.1 Å². The van der Waals surface area contributed by atoms with Crippen molar-refractivity contribution < 1.29 is 29.4 Å². The molecule has 0 aliphatic rings. The Balaban J connectivity index is 2.86. The summed E-state index contributed by atoms with van der Waals surface area (Å²) in [5.74, 6) is -3.36. The van der Waals surface area contributed by atoms with Crippen LogP contribution in [0, 0.1) is 5.92 Å². The van der Waals surface area contributed by atoms with Crippen molar-refractivity contribution in [2.45, 2.75) is 70.1 Å². The van der Waals surface area contributed by atoms with Gasteiger partial charge in [-0.2, -0.15) is 12.6 Å². The number of hydrogen-bond donors (Lipinski definition) is 8. The summed E-state index contributed by atoms with van der Waals surface area (Å²) in [7, 11) is 0. The smallest absolute Gasteiger partial charge is 0.326 e. The molecule has 1 rings (SSSR count). The number of benzene rings is 1. The van der Waals surface area contributed by atoms with Crippen LogP contribution in [0.3, 0.4) is 0 Å². The number of aliphatic carboxylic acids is 1. The van der Waals surface area contributed by atoms with Crippen LogP contribution in [0.5, 0.6) is 5.75 Å². The normalized spacial score (nSPS) is 15.1. The summed E-state index contributed by atoms with van der Waals surface area (Å²) < 4.78 is 0. The second-order valence-corrected chi connectivity index (χ2v) is 9.14. The molecule has 0 aromatic heterocycles. The summed E-state index contributed by atoms with van der Waals surface area (Å²) in [5.41, 5.74) is 12.0. The average Bonchev–Trinajstić information content (AvgIpc) is 2.85. The van der Waals surface area contributed by atoms with Crippen molar-refractivity contribution in [2.75, 3.05) is 12.3 Å². The van der Waals surface area contributed by atoms with E-state index in [1.165, 1.54) is 12.1 Å². The highest BCUT2D eigenvalue weighted by Crippen LogP contribution is 2.12. The van der Waals surface area contributed by atoms with Gasteiger partial charge in [-0.15, -0.1) is 0 Å². The average molecular weight is 526 g/mol. The Morgan fingerprint density at radius 3 is 2.11 bits per heavy atom. The van der Waals surface area contributed by atoms with Gasteiger partial charge >= 0.3 is 5.97 Å². The minimum Gasteiger partial charge on any atom is -0.508 e. The minimum atomic E-state index is -1.27.